The van der Waals surface area contributed by atoms with Gasteiger partial charge in [0.25, 0.3) is 0 Å². The molecule has 1 aliphatic heterocycles. The lowest BCUT2D eigenvalue weighted by atomic mass is 9.77. The molecule has 0 aliphatic carbocycles. The number of rotatable bonds is 4. The van der Waals surface area contributed by atoms with Gasteiger partial charge in [0.15, 0.2) is 17.8 Å². The van der Waals surface area contributed by atoms with Crippen molar-refractivity contribution >= 4 is 40.8 Å². The number of aliphatic hydroxyl groups excluding tert-OH is 1. The monoisotopic (exact) mass is 349 g/mol. The summed E-state index contributed by atoms with van der Waals surface area (Å²) >= 11 is 12.1. The number of aliphatic carboxylic acids is 1. The molecule has 0 fully saturated rings. The molecule has 120 valence electrons. The van der Waals surface area contributed by atoms with Gasteiger partial charge in [-0.1, -0.05) is 23.2 Å². The summed E-state index contributed by atoms with van der Waals surface area (Å²) in [6.45, 7) is 0. The molecule has 1 aliphatic rings. The molecule has 2 atom stereocenters. The predicted octanol–water partition coefficient (Wildman–Crippen LogP) is 2.10. The minimum absolute atomic E-state index is 0.0750. The highest BCUT2D eigenvalue weighted by Crippen LogP contribution is 2.49. The Morgan fingerprint density at radius 3 is 2.45 bits per heavy atom. The molecule has 7 nitrogen and oxygen atoms in total. The number of aliphatic hydroxyl groups is 2. The highest BCUT2D eigenvalue weighted by molar-refractivity contribution is 6.43. The maximum absolute atomic E-state index is 11.5. The summed E-state index contributed by atoms with van der Waals surface area (Å²) in [5, 5.41) is 30.4. The number of ether oxygens (including phenoxy) is 2. The van der Waals surface area contributed by atoms with Crippen LogP contribution in [0.5, 0.6) is 0 Å². The van der Waals surface area contributed by atoms with E-state index < -0.39 is 29.7 Å². The lowest BCUT2D eigenvalue weighted by Crippen LogP contribution is -2.55. The third kappa shape index (κ3) is 2.35. The Morgan fingerprint density at radius 2 is 1.95 bits per heavy atom. The third-order valence-electron chi connectivity index (χ3n) is 3.44. The van der Waals surface area contributed by atoms with Gasteiger partial charge >= 0.3 is 5.97 Å². The molecule has 9 heteroatoms. The fourth-order valence-corrected chi connectivity index (χ4v) is 3.02. The lowest BCUT2D eigenvalue weighted by Gasteiger charge is -2.41. The Labute approximate surface area is 135 Å². The van der Waals surface area contributed by atoms with Crippen molar-refractivity contribution in [3.05, 3.63) is 27.7 Å². The van der Waals surface area contributed by atoms with Gasteiger partial charge in [0.05, 0.1) is 15.7 Å². The van der Waals surface area contributed by atoms with E-state index in [-0.39, 0.29) is 21.3 Å². The van der Waals surface area contributed by atoms with E-state index in [1.165, 1.54) is 26.4 Å². The summed E-state index contributed by atoms with van der Waals surface area (Å²) in [5.41, 5.74) is -2.33. The van der Waals surface area contributed by atoms with Crippen LogP contribution < -0.4 is 0 Å². The van der Waals surface area contributed by atoms with Crippen molar-refractivity contribution in [3.63, 3.8) is 0 Å². The quantitative estimate of drug-likeness (QED) is 0.718. The lowest BCUT2D eigenvalue weighted by molar-refractivity contribution is -0.236. The topological polar surface area (TPSA) is 109 Å². The van der Waals surface area contributed by atoms with Crippen LogP contribution in [0.1, 0.15) is 5.56 Å². The molecule has 0 amide bonds. The van der Waals surface area contributed by atoms with Crippen molar-refractivity contribution in [3.8, 4) is 0 Å². The zero-order valence-electron chi connectivity index (χ0n) is 11.6. The van der Waals surface area contributed by atoms with Crippen molar-refractivity contribution in [2.24, 2.45) is 10.9 Å². The van der Waals surface area contributed by atoms with Gasteiger partial charge in [0.2, 0.25) is 5.90 Å². The van der Waals surface area contributed by atoms with Gasteiger partial charge in [0, 0.05) is 19.8 Å². The number of nitrogens with zero attached hydrogens (tertiary/aromatic N) is 1. The van der Waals surface area contributed by atoms with Crippen molar-refractivity contribution in [2.75, 3.05) is 14.2 Å². The second-order valence-corrected chi connectivity index (χ2v) is 5.41. The molecule has 3 N–H and O–H groups in total. The van der Waals surface area contributed by atoms with Gasteiger partial charge in [-0.25, -0.2) is 4.99 Å². The fraction of sp³-hybridized carbons (Fsp3) is 0.385. The van der Waals surface area contributed by atoms with E-state index in [1.807, 2.05) is 0 Å². The zero-order chi connectivity index (χ0) is 16.7. The number of hydrogen-bond donors (Lipinski definition) is 3. The molecular weight excluding hydrogens is 337 g/mol. The molecule has 1 heterocycles. The number of fused-ring (bicyclic) bond motifs is 1. The van der Waals surface area contributed by atoms with Crippen molar-refractivity contribution < 1.29 is 29.6 Å². The van der Waals surface area contributed by atoms with Crippen LogP contribution in [0.2, 0.25) is 10.0 Å². The summed E-state index contributed by atoms with van der Waals surface area (Å²) in [6, 6.07) is 2.81. The van der Waals surface area contributed by atoms with Crippen LogP contribution in [0, 0.1) is 5.92 Å². The number of carbonyl (C=O) groups is 1. The maximum Gasteiger partial charge on any atom is 0.319 e. The molecule has 2 rings (SSSR count). The molecule has 0 aromatic heterocycles. The Hall–Kier alpha value is -1.38. The fourth-order valence-electron chi connectivity index (χ4n) is 2.55. The van der Waals surface area contributed by atoms with Gasteiger partial charge in [0.1, 0.15) is 0 Å². The maximum atomic E-state index is 11.5. The summed E-state index contributed by atoms with van der Waals surface area (Å²) in [5.74, 6) is -4.15. The Morgan fingerprint density at radius 1 is 1.36 bits per heavy atom. The third-order valence-corrected chi connectivity index (χ3v) is 4.25. The second-order valence-electron chi connectivity index (χ2n) is 4.63. The van der Waals surface area contributed by atoms with Crippen molar-refractivity contribution in [1.82, 2.24) is 0 Å². The Bertz CT molecular complexity index is 646. The van der Waals surface area contributed by atoms with Crippen LogP contribution >= 0.6 is 23.2 Å². The summed E-state index contributed by atoms with van der Waals surface area (Å²) in [7, 11) is 2.43. The average Bonchev–Trinajstić information content (AvgIpc) is 2.43. The number of aliphatic imine (C=N–C) groups is 1. The predicted molar refractivity (Wildman–Crippen MR) is 79.0 cm³/mol. The molecule has 0 spiro atoms. The molecule has 0 unspecified atom stereocenters. The first-order chi connectivity index (χ1) is 10.3. The van der Waals surface area contributed by atoms with Crippen LogP contribution in [0.25, 0.3) is 0 Å². The highest BCUT2D eigenvalue weighted by Gasteiger charge is 2.57. The molecule has 0 saturated heterocycles. The number of carboxylic acid groups (broad SMARTS) is 1. The van der Waals surface area contributed by atoms with E-state index in [0.29, 0.717) is 0 Å². The Kier molecular flexibility index (Phi) is 4.65. The van der Waals surface area contributed by atoms with Gasteiger partial charge < -0.3 is 24.8 Å². The molecular formula is C13H13Cl2NO6. The van der Waals surface area contributed by atoms with E-state index in [1.54, 1.807) is 0 Å². The Balaban J connectivity index is 2.84. The number of carboxylic acids is 1. The van der Waals surface area contributed by atoms with Crippen LogP contribution in [0.3, 0.4) is 0 Å². The minimum Gasteiger partial charge on any atom is -0.496 e. The molecule has 1 aromatic rings. The number of halogens is 2. The van der Waals surface area contributed by atoms with Crippen LogP contribution in [0.4, 0.5) is 5.69 Å². The van der Waals surface area contributed by atoms with Gasteiger partial charge in [-0.15, -0.1) is 0 Å². The van der Waals surface area contributed by atoms with Gasteiger partial charge in [-0.2, -0.15) is 0 Å². The van der Waals surface area contributed by atoms with E-state index in [9.17, 15) is 20.1 Å². The summed E-state index contributed by atoms with van der Waals surface area (Å²) < 4.78 is 10.0. The SMILES string of the molecule is COC(OC)[C@]1(O)c2c(ccc(Cl)c2Cl)N=C(O)[C@@H]1C(=O)O. The average molecular weight is 350 g/mol. The number of benzene rings is 1. The van der Waals surface area contributed by atoms with Crippen molar-refractivity contribution in [2.45, 2.75) is 11.9 Å². The number of methoxy groups -OCH3 is 2. The smallest absolute Gasteiger partial charge is 0.319 e. The first-order valence-corrected chi connectivity index (χ1v) is 6.81. The van der Waals surface area contributed by atoms with Crippen LogP contribution in [-0.2, 0) is 19.9 Å². The highest BCUT2D eigenvalue weighted by atomic mass is 35.5. The molecule has 0 saturated carbocycles. The second kappa shape index (κ2) is 6.02. The molecule has 22 heavy (non-hydrogen) atoms. The summed E-state index contributed by atoms with van der Waals surface area (Å²) in [6.07, 6.45) is -1.43. The van der Waals surface area contributed by atoms with Gasteiger partial charge in [-0.3, -0.25) is 4.79 Å². The number of hydrogen-bond acceptors (Lipinski definition) is 5. The normalized spacial score (nSPS) is 24.1. The standard InChI is InChI=1S/C13H13Cl2NO6/c1-21-12(22-2)13(20)7-6(4-3-5(14)9(7)15)16-10(17)8(13)11(18)19/h3-4,8,12,20H,1-2H3,(H,16,17)(H,18,19)/t8-,13+/m1/s1. The first-order valence-electron chi connectivity index (χ1n) is 6.05. The van der Waals surface area contributed by atoms with Crippen molar-refractivity contribution in [1.29, 1.82) is 0 Å². The van der Waals surface area contributed by atoms with Crippen LogP contribution in [-0.4, -0.2) is 47.7 Å². The molecule has 0 radical (unpaired) electrons. The minimum atomic E-state index is -2.32. The molecule has 0 bridgehead atoms. The zero-order valence-corrected chi connectivity index (χ0v) is 13.1. The van der Waals surface area contributed by atoms with Gasteiger partial charge in [-0.05, 0) is 12.1 Å². The van der Waals surface area contributed by atoms with E-state index in [0.717, 1.165) is 0 Å². The van der Waals surface area contributed by atoms with E-state index in [4.69, 9.17) is 32.7 Å². The summed E-state index contributed by atoms with van der Waals surface area (Å²) in [4.78, 5) is 15.3. The van der Waals surface area contributed by atoms with Crippen LogP contribution in [0.15, 0.2) is 17.1 Å². The molecule has 1 aromatic carbocycles. The largest absolute Gasteiger partial charge is 0.496 e. The van der Waals surface area contributed by atoms with E-state index in [2.05, 4.69) is 4.99 Å². The first kappa shape index (κ1) is 17.0. The van der Waals surface area contributed by atoms with E-state index >= 15 is 0 Å².